The Hall–Kier alpha value is -0.340. The third kappa shape index (κ3) is 4.08. The summed E-state index contributed by atoms with van der Waals surface area (Å²) in [5, 5.41) is 3.81. The molecule has 0 radical (unpaired) electrons. The zero-order valence-electron chi connectivity index (χ0n) is 13.1. The molecule has 0 saturated heterocycles. The number of rotatable bonds is 5. The highest BCUT2D eigenvalue weighted by molar-refractivity contribution is 9.10. The van der Waals surface area contributed by atoms with Gasteiger partial charge in [0.2, 0.25) is 0 Å². The Morgan fingerprint density at radius 3 is 2.60 bits per heavy atom. The summed E-state index contributed by atoms with van der Waals surface area (Å²) >= 11 is 3.76. The van der Waals surface area contributed by atoms with E-state index in [1.165, 1.54) is 47.7 Å². The fourth-order valence-corrected chi connectivity index (χ4v) is 3.84. The van der Waals surface area contributed by atoms with Gasteiger partial charge in [0.25, 0.3) is 0 Å². The van der Waals surface area contributed by atoms with E-state index in [1.54, 1.807) is 0 Å². The smallest absolute Gasteiger partial charge is 0.0359 e. The third-order valence-electron chi connectivity index (χ3n) is 4.63. The van der Waals surface area contributed by atoms with Crippen LogP contribution < -0.4 is 5.32 Å². The van der Waals surface area contributed by atoms with Crippen LogP contribution in [-0.4, -0.2) is 6.54 Å². The summed E-state index contributed by atoms with van der Waals surface area (Å²) < 4.78 is 1.26. The van der Waals surface area contributed by atoms with E-state index in [0.717, 1.165) is 18.4 Å². The van der Waals surface area contributed by atoms with Crippen molar-refractivity contribution in [2.75, 3.05) is 6.54 Å². The molecule has 2 rings (SSSR count). The quantitative estimate of drug-likeness (QED) is 0.734. The summed E-state index contributed by atoms with van der Waals surface area (Å²) in [7, 11) is 0. The number of halogens is 1. The number of benzene rings is 1. The maximum Gasteiger partial charge on any atom is 0.0359 e. The average Bonchev–Trinajstić information content (AvgIpc) is 2.44. The predicted molar refractivity (Wildman–Crippen MR) is 91.0 cm³/mol. The molecule has 0 heterocycles. The van der Waals surface area contributed by atoms with Crippen molar-refractivity contribution in [3.8, 4) is 0 Å². The van der Waals surface area contributed by atoms with E-state index in [4.69, 9.17) is 0 Å². The minimum Gasteiger partial charge on any atom is -0.310 e. The van der Waals surface area contributed by atoms with Crippen molar-refractivity contribution in [3.63, 3.8) is 0 Å². The number of aryl methyl sites for hydroxylation is 1. The van der Waals surface area contributed by atoms with Crippen molar-refractivity contribution in [1.29, 1.82) is 0 Å². The van der Waals surface area contributed by atoms with Crippen molar-refractivity contribution in [2.45, 2.75) is 58.9 Å². The number of nitrogens with one attached hydrogen (secondary N) is 1. The molecular weight excluding hydrogens is 310 g/mol. The van der Waals surface area contributed by atoms with Gasteiger partial charge < -0.3 is 5.32 Å². The molecule has 1 aromatic rings. The zero-order chi connectivity index (χ0) is 14.5. The van der Waals surface area contributed by atoms with Crippen molar-refractivity contribution < 1.29 is 0 Å². The molecule has 0 aliphatic heterocycles. The van der Waals surface area contributed by atoms with Gasteiger partial charge in [-0.15, -0.1) is 0 Å². The van der Waals surface area contributed by atoms with Crippen LogP contribution in [0, 0.1) is 18.8 Å². The Morgan fingerprint density at radius 1 is 1.25 bits per heavy atom. The minimum absolute atomic E-state index is 0.511. The number of hydrogen-bond donors (Lipinski definition) is 1. The summed E-state index contributed by atoms with van der Waals surface area (Å²) in [5.74, 6) is 1.70. The molecule has 1 aliphatic rings. The lowest BCUT2D eigenvalue weighted by Crippen LogP contribution is -2.31. The lowest BCUT2D eigenvalue weighted by Gasteiger charge is -2.34. The first-order chi connectivity index (χ1) is 9.61. The molecule has 1 aliphatic carbocycles. The Labute approximate surface area is 132 Å². The molecule has 1 saturated carbocycles. The van der Waals surface area contributed by atoms with Gasteiger partial charge in [-0.2, -0.15) is 0 Å². The zero-order valence-corrected chi connectivity index (χ0v) is 14.7. The van der Waals surface area contributed by atoms with Crippen LogP contribution in [0.3, 0.4) is 0 Å². The second-order valence-corrected chi connectivity index (χ2v) is 7.33. The molecule has 1 atom stereocenters. The largest absolute Gasteiger partial charge is 0.310 e. The van der Waals surface area contributed by atoms with Gasteiger partial charge >= 0.3 is 0 Å². The molecular formula is C18H28BrN. The predicted octanol–water partition coefficient (Wildman–Crippen LogP) is 5.62. The molecule has 1 aromatic carbocycles. The second-order valence-electron chi connectivity index (χ2n) is 6.48. The molecule has 0 spiro atoms. The van der Waals surface area contributed by atoms with Crippen LogP contribution in [0.15, 0.2) is 22.7 Å². The van der Waals surface area contributed by atoms with E-state index in [1.807, 2.05) is 0 Å². The van der Waals surface area contributed by atoms with Gasteiger partial charge in [0.15, 0.2) is 0 Å². The Morgan fingerprint density at radius 2 is 1.95 bits per heavy atom. The summed E-state index contributed by atoms with van der Waals surface area (Å²) in [6, 6.07) is 7.26. The van der Waals surface area contributed by atoms with Gasteiger partial charge in [-0.1, -0.05) is 60.3 Å². The van der Waals surface area contributed by atoms with Crippen LogP contribution >= 0.6 is 15.9 Å². The monoisotopic (exact) mass is 337 g/mol. The first-order valence-electron chi connectivity index (χ1n) is 8.11. The molecule has 1 nitrogen and oxygen atoms in total. The van der Waals surface area contributed by atoms with Gasteiger partial charge in [-0.05, 0) is 56.2 Å². The van der Waals surface area contributed by atoms with Crippen LogP contribution in [-0.2, 0) is 0 Å². The fourth-order valence-electron chi connectivity index (χ4n) is 3.35. The molecule has 1 fully saturated rings. The normalized spacial score (nSPS) is 24.6. The van der Waals surface area contributed by atoms with Crippen LogP contribution in [0.5, 0.6) is 0 Å². The van der Waals surface area contributed by atoms with Gasteiger partial charge in [-0.25, -0.2) is 0 Å². The summed E-state index contributed by atoms with van der Waals surface area (Å²) in [4.78, 5) is 0. The molecule has 20 heavy (non-hydrogen) atoms. The van der Waals surface area contributed by atoms with Crippen molar-refractivity contribution in [3.05, 3.63) is 33.8 Å². The molecule has 1 N–H and O–H groups in total. The first kappa shape index (κ1) is 16.0. The van der Waals surface area contributed by atoms with Crippen LogP contribution in [0.25, 0.3) is 0 Å². The summed E-state index contributed by atoms with van der Waals surface area (Å²) in [5.41, 5.74) is 2.81. The highest BCUT2D eigenvalue weighted by Crippen LogP contribution is 2.39. The summed E-state index contributed by atoms with van der Waals surface area (Å²) in [6.45, 7) is 7.94. The van der Waals surface area contributed by atoms with E-state index < -0.39 is 0 Å². The summed E-state index contributed by atoms with van der Waals surface area (Å²) in [6.07, 6.45) is 6.70. The number of hydrogen-bond acceptors (Lipinski definition) is 1. The second kappa shape index (κ2) is 7.61. The van der Waals surface area contributed by atoms with Gasteiger partial charge in [0, 0.05) is 10.5 Å². The molecule has 112 valence electrons. The highest BCUT2D eigenvalue weighted by Gasteiger charge is 2.28. The lowest BCUT2D eigenvalue weighted by atomic mass is 9.77. The molecule has 1 unspecified atom stereocenters. The fraction of sp³-hybridized carbons (Fsp3) is 0.667. The topological polar surface area (TPSA) is 12.0 Å². The molecule has 0 aromatic heterocycles. The van der Waals surface area contributed by atoms with Crippen molar-refractivity contribution in [2.24, 2.45) is 11.8 Å². The van der Waals surface area contributed by atoms with Gasteiger partial charge in [0.05, 0.1) is 0 Å². The lowest BCUT2D eigenvalue weighted by molar-refractivity contribution is 0.231. The van der Waals surface area contributed by atoms with Crippen LogP contribution in [0.4, 0.5) is 0 Å². The third-order valence-corrected chi connectivity index (χ3v) is 5.35. The Balaban J connectivity index is 2.20. The first-order valence-corrected chi connectivity index (χ1v) is 8.90. The van der Waals surface area contributed by atoms with Crippen molar-refractivity contribution >= 4 is 15.9 Å². The SMILES string of the molecule is CCCNC(c1cc(C)ccc1Br)C1CCC(C)CC1. The van der Waals surface area contributed by atoms with E-state index >= 15 is 0 Å². The van der Waals surface area contributed by atoms with E-state index in [-0.39, 0.29) is 0 Å². The minimum atomic E-state index is 0.511. The average molecular weight is 338 g/mol. The van der Waals surface area contributed by atoms with E-state index in [0.29, 0.717) is 6.04 Å². The van der Waals surface area contributed by atoms with Crippen LogP contribution in [0.1, 0.15) is 63.1 Å². The maximum absolute atomic E-state index is 3.81. The Kier molecular flexibility index (Phi) is 6.10. The highest BCUT2D eigenvalue weighted by atomic mass is 79.9. The van der Waals surface area contributed by atoms with E-state index in [2.05, 4.69) is 60.2 Å². The standard InChI is InChI=1S/C18H28BrN/c1-4-11-20-18(15-8-5-13(2)6-9-15)16-12-14(3)7-10-17(16)19/h7,10,12-13,15,18,20H,4-6,8-9,11H2,1-3H3. The van der Waals surface area contributed by atoms with E-state index in [9.17, 15) is 0 Å². The van der Waals surface area contributed by atoms with Gasteiger partial charge in [0.1, 0.15) is 0 Å². The van der Waals surface area contributed by atoms with Crippen molar-refractivity contribution in [1.82, 2.24) is 5.32 Å². The molecule has 2 heteroatoms. The molecule has 0 amide bonds. The van der Waals surface area contributed by atoms with Crippen LogP contribution in [0.2, 0.25) is 0 Å². The maximum atomic E-state index is 3.81. The Bertz CT molecular complexity index is 421. The van der Waals surface area contributed by atoms with Gasteiger partial charge in [-0.3, -0.25) is 0 Å². The molecule has 0 bridgehead atoms.